The van der Waals surface area contributed by atoms with Gasteiger partial charge in [0.05, 0.1) is 5.39 Å². The molecule has 160 valence electrons. The maximum atomic E-state index is 11.9. The Hall–Kier alpha value is -4.00. The summed E-state index contributed by atoms with van der Waals surface area (Å²) < 4.78 is 7.84. The Kier molecular flexibility index (Phi) is 5.37. The van der Waals surface area contributed by atoms with Crippen molar-refractivity contribution in [2.24, 2.45) is 5.92 Å². The summed E-state index contributed by atoms with van der Waals surface area (Å²) in [6.07, 6.45) is 5.66. The molecule has 1 aliphatic heterocycles. The van der Waals surface area contributed by atoms with E-state index in [0.717, 1.165) is 46.8 Å². The van der Waals surface area contributed by atoms with Crippen LogP contribution in [0.5, 0.6) is 11.5 Å². The van der Waals surface area contributed by atoms with Crippen LogP contribution in [0, 0.1) is 5.92 Å². The van der Waals surface area contributed by atoms with Gasteiger partial charge in [-0.3, -0.25) is 4.79 Å². The quantitative estimate of drug-likeness (QED) is 0.430. The van der Waals surface area contributed by atoms with E-state index in [1.54, 1.807) is 12.5 Å². The topological polar surface area (TPSA) is 73.1 Å². The number of likely N-dealkylation sites (tertiary alicyclic amines) is 1. The number of para-hydroxylation sites is 1. The van der Waals surface area contributed by atoms with Crippen molar-refractivity contribution in [3.8, 4) is 22.8 Å². The molecular weight excluding hydrogens is 402 g/mol. The van der Waals surface area contributed by atoms with Crippen molar-refractivity contribution in [3.05, 3.63) is 79.8 Å². The van der Waals surface area contributed by atoms with Crippen molar-refractivity contribution in [1.82, 2.24) is 24.6 Å². The molecule has 1 fully saturated rings. The molecule has 0 bridgehead atoms. The molecule has 1 amide bonds. The van der Waals surface area contributed by atoms with E-state index >= 15 is 0 Å². The van der Waals surface area contributed by atoms with Crippen LogP contribution >= 0.6 is 0 Å². The number of ether oxygens (including phenoxy) is 1. The summed E-state index contributed by atoms with van der Waals surface area (Å²) in [5.41, 5.74) is 2.61. The van der Waals surface area contributed by atoms with Crippen molar-refractivity contribution in [1.29, 1.82) is 0 Å². The highest BCUT2D eigenvalue weighted by molar-refractivity contribution is 5.90. The first-order chi connectivity index (χ1) is 15.7. The lowest BCUT2D eigenvalue weighted by Gasteiger charge is -2.14. The predicted molar refractivity (Wildman–Crippen MR) is 122 cm³/mol. The molecule has 0 saturated carbocycles. The fourth-order valence-corrected chi connectivity index (χ4v) is 4.12. The first kappa shape index (κ1) is 19.9. The van der Waals surface area contributed by atoms with Gasteiger partial charge in [0.15, 0.2) is 5.65 Å². The third-order valence-electron chi connectivity index (χ3n) is 5.72. The van der Waals surface area contributed by atoms with Gasteiger partial charge in [0, 0.05) is 31.4 Å². The lowest BCUT2D eigenvalue weighted by molar-refractivity contribution is -0.125. The van der Waals surface area contributed by atoms with Crippen LogP contribution in [0.3, 0.4) is 0 Å². The summed E-state index contributed by atoms with van der Waals surface area (Å²) in [5, 5.41) is 5.78. The van der Waals surface area contributed by atoms with Crippen LogP contribution in [-0.2, 0) is 11.3 Å². The highest BCUT2D eigenvalue weighted by atomic mass is 16.5. The van der Waals surface area contributed by atoms with Crippen LogP contribution in [0.25, 0.3) is 22.3 Å². The fourth-order valence-electron chi connectivity index (χ4n) is 4.12. The molecule has 0 radical (unpaired) electrons. The number of carbonyl (C=O) groups is 1. The second-order valence-electron chi connectivity index (χ2n) is 7.87. The summed E-state index contributed by atoms with van der Waals surface area (Å²) in [6, 6.07) is 17.6. The molecule has 0 aliphatic carbocycles. The predicted octanol–water partition coefficient (Wildman–Crippen LogP) is 4.32. The van der Waals surface area contributed by atoms with Gasteiger partial charge in [0.2, 0.25) is 5.91 Å². The Balaban J connectivity index is 1.39. The van der Waals surface area contributed by atoms with Gasteiger partial charge in [-0.2, -0.15) is 5.10 Å². The van der Waals surface area contributed by atoms with Crippen LogP contribution in [0.4, 0.5) is 0 Å². The van der Waals surface area contributed by atoms with E-state index in [9.17, 15) is 4.79 Å². The molecule has 4 aromatic rings. The molecule has 2 aromatic heterocycles. The molecule has 32 heavy (non-hydrogen) atoms. The Bertz CT molecular complexity index is 1250. The van der Waals surface area contributed by atoms with Gasteiger partial charge in [0.25, 0.3) is 0 Å². The minimum Gasteiger partial charge on any atom is -0.457 e. The van der Waals surface area contributed by atoms with E-state index in [2.05, 4.69) is 16.5 Å². The van der Waals surface area contributed by atoms with Gasteiger partial charge in [-0.25, -0.2) is 14.6 Å². The smallest absolute Gasteiger partial charge is 0.245 e. The SMILES string of the molecule is C=CC(=O)N1CC[C@H](Cn2nc(-c3ccc(Oc4ccccc4)cc3)c3cncnc32)C1. The summed E-state index contributed by atoms with van der Waals surface area (Å²) in [7, 11) is 0. The maximum absolute atomic E-state index is 11.9. The van der Waals surface area contributed by atoms with E-state index < -0.39 is 0 Å². The lowest BCUT2D eigenvalue weighted by atomic mass is 10.1. The number of aromatic nitrogens is 4. The van der Waals surface area contributed by atoms with Crippen LogP contribution in [0.15, 0.2) is 79.8 Å². The number of amides is 1. The highest BCUT2D eigenvalue weighted by Crippen LogP contribution is 2.30. The summed E-state index contributed by atoms with van der Waals surface area (Å²) >= 11 is 0. The second-order valence-corrected chi connectivity index (χ2v) is 7.87. The average molecular weight is 425 g/mol. The number of hydrogen-bond donors (Lipinski definition) is 0. The molecule has 0 unspecified atom stereocenters. The first-order valence-corrected chi connectivity index (χ1v) is 10.6. The number of hydrogen-bond acceptors (Lipinski definition) is 5. The zero-order chi connectivity index (χ0) is 21.9. The molecule has 2 aromatic carbocycles. The van der Waals surface area contributed by atoms with Gasteiger partial charge >= 0.3 is 0 Å². The van der Waals surface area contributed by atoms with Gasteiger partial charge in [-0.1, -0.05) is 24.8 Å². The largest absolute Gasteiger partial charge is 0.457 e. The van der Waals surface area contributed by atoms with E-state index in [1.807, 2.05) is 64.2 Å². The van der Waals surface area contributed by atoms with Crippen LogP contribution in [0.2, 0.25) is 0 Å². The van der Waals surface area contributed by atoms with Gasteiger partial charge in [-0.05, 0) is 54.8 Å². The Labute approximate surface area is 186 Å². The summed E-state index contributed by atoms with van der Waals surface area (Å²) in [6.45, 7) is 5.74. The van der Waals surface area contributed by atoms with Crippen molar-refractivity contribution < 1.29 is 9.53 Å². The number of rotatable bonds is 6. The van der Waals surface area contributed by atoms with Crippen LogP contribution in [-0.4, -0.2) is 43.6 Å². The average Bonchev–Trinajstić information content (AvgIpc) is 3.45. The standard InChI is InChI=1S/C25H23N5O2/c1-2-23(31)29-13-12-18(15-29)16-30-25-22(14-26-17-27-25)24(28-30)19-8-10-21(11-9-19)32-20-6-4-3-5-7-20/h2-11,14,17-18H,1,12-13,15-16H2/t18-/m0/s1. The maximum Gasteiger partial charge on any atom is 0.245 e. The molecular formula is C25H23N5O2. The molecule has 3 heterocycles. The highest BCUT2D eigenvalue weighted by Gasteiger charge is 2.26. The van der Waals surface area contributed by atoms with Crippen LogP contribution in [0.1, 0.15) is 6.42 Å². The Morgan fingerprint density at radius 1 is 1.12 bits per heavy atom. The Morgan fingerprint density at radius 2 is 1.91 bits per heavy atom. The van der Waals surface area contributed by atoms with E-state index in [4.69, 9.17) is 9.84 Å². The second kappa shape index (κ2) is 8.63. The minimum absolute atomic E-state index is 0.0151. The molecule has 1 aliphatic rings. The molecule has 7 nitrogen and oxygen atoms in total. The third-order valence-corrected chi connectivity index (χ3v) is 5.72. The first-order valence-electron chi connectivity index (χ1n) is 10.6. The van der Waals surface area contributed by atoms with E-state index in [-0.39, 0.29) is 5.91 Å². The van der Waals surface area contributed by atoms with Crippen molar-refractivity contribution in [3.63, 3.8) is 0 Å². The number of nitrogens with zero attached hydrogens (tertiary/aromatic N) is 5. The molecule has 1 atom stereocenters. The molecule has 1 saturated heterocycles. The number of benzene rings is 2. The summed E-state index contributed by atoms with van der Waals surface area (Å²) in [5.74, 6) is 1.87. The number of fused-ring (bicyclic) bond motifs is 1. The molecule has 7 heteroatoms. The monoisotopic (exact) mass is 425 g/mol. The molecule has 5 rings (SSSR count). The van der Waals surface area contributed by atoms with E-state index in [0.29, 0.717) is 19.0 Å². The fraction of sp³-hybridized carbons (Fsp3) is 0.200. The van der Waals surface area contributed by atoms with E-state index in [1.165, 1.54) is 6.08 Å². The normalized spacial score (nSPS) is 15.8. The van der Waals surface area contributed by atoms with Gasteiger partial charge in [-0.15, -0.1) is 0 Å². The molecule has 0 spiro atoms. The van der Waals surface area contributed by atoms with Crippen LogP contribution < -0.4 is 4.74 Å². The van der Waals surface area contributed by atoms with Gasteiger partial charge in [0.1, 0.15) is 23.5 Å². The van der Waals surface area contributed by atoms with Crippen molar-refractivity contribution >= 4 is 16.9 Å². The molecule has 0 N–H and O–H groups in total. The zero-order valence-corrected chi connectivity index (χ0v) is 17.6. The lowest BCUT2D eigenvalue weighted by Crippen LogP contribution is -2.27. The third kappa shape index (κ3) is 3.97. The summed E-state index contributed by atoms with van der Waals surface area (Å²) in [4.78, 5) is 22.4. The van der Waals surface area contributed by atoms with Crippen molar-refractivity contribution in [2.45, 2.75) is 13.0 Å². The Morgan fingerprint density at radius 3 is 2.69 bits per heavy atom. The van der Waals surface area contributed by atoms with Gasteiger partial charge < -0.3 is 9.64 Å². The number of carbonyl (C=O) groups excluding carboxylic acids is 1. The van der Waals surface area contributed by atoms with Crippen molar-refractivity contribution in [2.75, 3.05) is 13.1 Å². The minimum atomic E-state index is -0.0151. The zero-order valence-electron chi connectivity index (χ0n) is 17.6.